The quantitative estimate of drug-likeness (QED) is 0.162. The number of ether oxygens (including phenoxy) is 2. The Kier molecular flexibility index (Phi) is 11.5. The van der Waals surface area contributed by atoms with Crippen molar-refractivity contribution in [3.63, 3.8) is 0 Å². The van der Waals surface area contributed by atoms with Crippen LogP contribution in [0.5, 0.6) is 11.5 Å². The minimum atomic E-state index is -0.324. The molecule has 0 radical (unpaired) electrons. The van der Waals surface area contributed by atoms with E-state index < -0.39 is 0 Å². The van der Waals surface area contributed by atoms with Gasteiger partial charge in [-0.05, 0) is 35.4 Å². The van der Waals surface area contributed by atoms with E-state index in [1.807, 2.05) is 109 Å². The lowest BCUT2D eigenvalue weighted by atomic mass is 10.2. The van der Waals surface area contributed by atoms with Crippen molar-refractivity contribution in [1.82, 2.24) is 10.9 Å². The molecule has 9 heteroatoms. The second-order valence-corrected chi connectivity index (χ2v) is 9.69. The molecule has 2 amide bonds. The fourth-order valence-electron chi connectivity index (χ4n) is 3.56. The van der Waals surface area contributed by atoms with Gasteiger partial charge in [-0.3, -0.25) is 9.59 Å². The van der Waals surface area contributed by atoms with Crippen LogP contribution in [0.25, 0.3) is 0 Å². The largest absolute Gasteiger partial charge is 0.488 e. The van der Waals surface area contributed by atoms with Gasteiger partial charge in [-0.2, -0.15) is 10.2 Å². The van der Waals surface area contributed by atoms with Crippen LogP contribution in [0.2, 0.25) is 0 Å². The molecule has 4 rings (SSSR count). The zero-order chi connectivity index (χ0) is 28.5. The lowest BCUT2D eigenvalue weighted by Gasteiger charge is -2.09. The Balaban J connectivity index is 1.16. The molecular weight excluding hydrogens is 536 g/mol. The molecule has 41 heavy (non-hydrogen) atoms. The number of amides is 2. The van der Waals surface area contributed by atoms with E-state index in [9.17, 15) is 9.59 Å². The lowest BCUT2D eigenvalue weighted by molar-refractivity contribution is -0.118. The molecule has 0 aliphatic carbocycles. The maximum atomic E-state index is 12.2. The maximum Gasteiger partial charge on any atom is 0.250 e. The van der Waals surface area contributed by atoms with Crippen molar-refractivity contribution < 1.29 is 19.1 Å². The van der Waals surface area contributed by atoms with E-state index in [0.29, 0.717) is 24.7 Å². The Morgan fingerprint density at radius 3 is 1.41 bits per heavy atom. The number of hydrogen-bond acceptors (Lipinski definition) is 7. The Labute approximate surface area is 243 Å². The minimum Gasteiger partial charge on any atom is -0.488 e. The van der Waals surface area contributed by atoms with Crippen LogP contribution >= 0.6 is 11.8 Å². The first kappa shape index (κ1) is 29.1. The smallest absolute Gasteiger partial charge is 0.250 e. The first-order valence-electron chi connectivity index (χ1n) is 12.9. The van der Waals surface area contributed by atoms with E-state index in [4.69, 9.17) is 9.47 Å². The summed E-state index contributed by atoms with van der Waals surface area (Å²) in [5.74, 6) is 0.801. The third kappa shape index (κ3) is 10.3. The summed E-state index contributed by atoms with van der Waals surface area (Å²) in [5, 5.41) is 8.05. The summed E-state index contributed by atoms with van der Waals surface area (Å²) in [5.41, 5.74) is 8.54. The molecule has 0 fully saturated rings. The number of carbonyl (C=O) groups is 2. The van der Waals surface area contributed by atoms with Gasteiger partial charge in [-0.1, -0.05) is 84.9 Å². The van der Waals surface area contributed by atoms with Crippen LogP contribution in [0.4, 0.5) is 0 Å². The number of hydrazone groups is 2. The second-order valence-electron chi connectivity index (χ2n) is 8.70. The summed E-state index contributed by atoms with van der Waals surface area (Å²) in [7, 11) is 0. The fourth-order valence-corrected chi connectivity index (χ4v) is 4.16. The van der Waals surface area contributed by atoms with Gasteiger partial charge in [0.1, 0.15) is 24.7 Å². The number of hydrogen-bond donors (Lipinski definition) is 2. The third-order valence-electron chi connectivity index (χ3n) is 5.56. The molecule has 208 valence electrons. The van der Waals surface area contributed by atoms with Crippen LogP contribution in [0.15, 0.2) is 119 Å². The molecular formula is C32H30N4O4S. The Bertz CT molecular complexity index is 1350. The molecule has 0 spiro atoms. The highest BCUT2D eigenvalue weighted by Crippen LogP contribution is 2.18. The van der Waals surface area contributed by atoms with Crippen LogP contribution in [-0.4, -0.2) is 35.7 Å². The molecule has 4 aromatic carbocycles. The third-order valence-corrected chi connectivity index (χ3v) is 6.50. The van der Waals surface area contributed by atoms with Gasteiger partial charge < -0.3 is 9.47 Å². The van der Waals surface area contributed by atoms with Crippen LogP contribution in [-0.2, 0) is 22.8 Å². The average Bonchev–Trinajstić information content (AvgIpc) is 3.01. The molecule has 0 saturated carbocycles. The average molecular weight is 567 g/mol. The van der Waals surface area contributed by atoms with Gasteiger partial charge in [-0.25, -0.2) is 10.9 Å². The summed E-state index contributed by atoms with van der Waals surface area (Å²) in [6.07, 6.45) is 3.07. The molecule has 0 bridgehead atoms. The highest BCUT2D eigenvalue weighted by molar-refractivity contribution is 8.00. The molecule has 8 nitrogen and oxygen atoms in total. The highest BCUT2D eigenvalue weighted by Gasteiger charge is 2.06. The Hall–Kier alpha value is -4.89. The van der Waals surface area contributed by atoms with Gasteiger partial charge >= 0.3 is 0 Å². The maximum absolute atomic E-state index is 12.2. The molecule has 0 heterocycles. The van der Waals surface area contributed by atoms with Crippen molar-refractivity contribution in [3.8, 4) is 11.5 Å². The molecule has 0 aliphatic rings. The Morgan fingerprint density at radius 1 is 0.585 bits per heavy atom. The van der Waals surface area contributed by atoms with Crippen molar-refractivity contribution in [2.45, 2.75) is 13.2 Å². The molecule has 0 saturated heterocycles. The van der Waals surface area contributed by atoms with Gasteiger partial charge in [0.15, 0.2) is 0 Å². The van der Waals surface area contributed by atoms with Crippen LogP contribution < -0.4 is 20.3 Å². The minimum absolute atomic E-state index is 0.0663. The standard InChI is InChI=1S/C32H30N4O4S/c37-31(35-33-19-27-15-7-9-17-29(27)39-21-25-11-3-1-4-12-25)23-41-24-32(38)36-34-20-28-16-8-10-18-30(28)40-22-26-13-5-2-6-14-26/h1-20H,21-24H2,(H,35,37)(H,36,38)/b33-19-,34-20-. The topological polar surface area (TPSA) is 101 Å². The summed E-state index contributed by atoms with van der Waals surface area (Å²) in [6.45, 7) is 0.852. The number of rotatable bonds is 14. The van der Waals surface area contributed by atoms with Crippen LogP contribution in [0, 0.1) is 0 Å². The SMILES string of the molecule is O=C(CSCC(=O)N/N=C\c1ccccc1OCc1ccccc1)N/N=C\c1ccccc1OCc1ccccc1. The Morgan fingerprint density at radius 2 is 0.976 bits per heavy atom. The van der Waals surface area contributed by atoms with Crippen molar-refractivity contribution in [2.24, 2.45) is 10.2 Å². The van der Waals surface area contributed by atoms with Crippen molar-refractivity contribution in [1.29, 1.82) is 0 Å². The van der Waals surface area contributed by atoms with E-state index >= 15 is 0 Å². The number of nitrogens with one attached hydrogen (secondary N) is 2. The lowest BCUT2D eigenvalue weighted by Crippen LogP contribution is -2.23. The molecule has 2 N–H and O–H groups in total. The predicted molar refractivity (Wildman–Crippen MR) is 163 cm³/mol. The first-order chi connectivity index (χ1) is 20.2. The number of benzene rings is 4. The molecule has 0 unspecified atom stereocenters. The second kappa shape index (κ2) is 16.3. The molecule has 0 aliphatic heterocycles. The first-order valence-corrected chi connectivity index (χ1v) is 14.1. The van der Waals surface area contributed by atoms with Crippen LogP contribution in [0.3, 0.4) is 0 Å². The van der Waals surface area contributed by atoms with Gasteiger partial charge in [0, 0.05) is 11.1 Å². The molecule has 4 aromatic rings. The molecule has 0 aromatic heterocycles. The van der Waals surface area contributed by atoms with E-state index in [1.165, 1.54) is 12.4 Å². The summed E-state index contributed by atoms with van der Waals surface area (Å²) >= 11 is 1.16. The number of para-hydroxylation sites is 2. The highest BCUT2D eigenvalue weighted by atomic mass is 32.2. The zero-order valence-electron chi connectivity index (χ0n) is 22.3. The number of carbonyl (C=O) groups excluding carboxylic acids is 2. The zero-order valence-corrected chi connectivity index (χ0v) is 23.1. The van der Waals surface area contributed by atoms with Gasteiger partial charge in [-0.15, -0.1) is 11.8 Å². The number of nitrogens with zero attached hydrogens (tertiary/aromatic N) is 2. The number of thioether (sulfide) groups is 1. The normalized spacial score (nSPS) is 10.9. The van der Waals surface area contributed by atoms with Gasteiger partial charge in [0.2, 0.25) is 11.8 Å². The summed E-state index contributed by atoms with van der Waals surface area (Å²) in [4.78, 5) is 24.3. The predicted octanol–water partition coefficient (Wildman–Crippen LogP) is 5.18. The van der Waals surface area contributed by atoms with Gasteiger partial charge in [0.05, 0.1) is 23.9 Å². The van der Waals surface area contributed by atoms with Crippen LogP contribution in [0.1, 0.15) is 22.3 Å². The van der Waals surface area contributed by atoms with E-state index in [0.717, 1.165) is 34.0 Å². The fraction of sp³-hybridized carbons (Fsp3) is 0.125. The van der Waals surface area contributed by atoms with Crippen molar-refractivity contribution in [3.05, 3.63) is 131 Å². The van der Waals surface area contributed by atoms with E-state index in [2.05, 4.69) is 21.1 Å². The summed E-state index contributed by atoms with van der Waals surface area (Å²) < 4.78 is 11.8. The summed E-state index contributed by atoms with van der Waals surface area (Å²) in [6, 6.07) is 34.6. The van der Waals surface area contributed by atoms with E-state index in [1.54, 1.807) is 0 Å². The van der Waals surface area contributed by atoms with Crippen molar-refractivity contribution in [2.75, 3.05) is 11.5 Å². The van der Waals surface area contributed by atoms with Gasteiger partial charge in [0.25, 0.3) is 0 Å². The molecule has 0 atom stereocenters. The van der Waals surface area contributed by atoms with Crippen molar-refractivity contribution >= 4 is 36.0 Å². The van der Waals surface area contributed by atoms with E-state index in [-0.39, 0.29) is 23.3 Å². The monoisotopic (exact) mass is 566 g/mol.